The highest BCUT2D eigenvalue weighted by atomic mass is 35.5. The van der Waals surface area contributed by atoms with Crippen molar-refractivity contribution in [2.75, 3.05) is 13.1 Å². The first kappa shape index (κ1) is 19.4. The zero-order valence-corrected chi connectivity index (χ0v) is 14.5. The Morgan fingerprint density at radius 2 is 2.04 bits per heavy atom. The van der Waals surface area contributed by atoms with Crippen molar-refractivity contribution in [3.05, 3.63) is 35.2 Å². The second kappa shape index (κ2) is 8.86. The van der Waals surface area contributed by atoms with Crippen molar-refractivity contribution < 1.29 is 14.4 Å². The molecule has 23 heavy (non-hydrogen) atoms. The summed E-state index contributed by atoms with van der Waals surface area (Å²) in [5.41, 5.74) is 0.798. The van der Waals surface area contributed by atoms with Crippen LogP contribution in [0.2, 0.25) is 5.02 Å². The molecule has 0 aliphatic carbocycles. The summed E-state index contributed by atoms with van der Waals surface area (Å²) >= 11 is 5.85. The van der Waals surface area contributed by atoms with Crippen LogP contribution in [-0.4, -0.2) is 39.2 Å². The normalized spacial score (nSPS) is 12.0. The van der Waals surface area contributed by atoms with E-state index in [0.717, 1.165) is 12.0 Å². The van der Waals surface area contributed by atoms with E-state index in [1.807, 2.05) is 26.0 Å². The monoisotopic (exact) mass is 359 g/mol. The summed E-state index contributed by atoms with van der Waals surface area (Å²) in [5, 5.41) is 13.6. The van der Waals surface area contributed by atoms with Gasteiger partial charge in [-0.05, 0) is 44.2 Å². The van der Waals surface area contributed by atoms with Gasteiger partial charge in [-0.25, -0.2) is 0 Å². The Morgan fingerprint density at radius 3 is 2.61 bits per heavy atom. The van der Waals surface area contributed by atoms with Gasteiger partial charge in [0.25, 0.3) is 0 Å². The van der Waals surface area contributed by atoms with Crippen LogP contribution in [0.25, 0.3) is 11.4 Å². The first-order valence-electron chi connectivity index (χ1n) is 7.06. The van der Waals surface area contributed by atoms with Crippen LogP contribution in [0, 0.1) is 0 Å². The fourth-order valence-electron chi connectivity index (χ4n) is 2.15. The Balaban J connectivity index is 0.00000264. The van der Waals surface area contributed by atoms with Gasteiger partial charge in [-0.15, -0.1) is 12.4 Å². The molecule has 2 rings (SSSR count). The summed E-state index contributed by atoms with van der Waals surface area (Å²) in [6.07, 6.45) is 0.843. The van der Waals surface area contributed by atoms with E-state index in [4.69, 9.17) is 21.2 Å². The van der Waals surface area contributed by atoms with Gasteiger partial charge in [-0.1, -0.05) is 23.7 Å². The molecule has 1 aromatic carbocycles. The third kappa shape index (κ3) is 5.20. The van der Waals surface area contributed by atoms with Crippen molar-refractivity contribution in [3.63, 3.8) is 0 Å². The van der Waals surface area contributed by atoms with E-state index in [9.17, 15) is 4.79 Å². The van der Waals surface area contributed by atoms with Crippen LogP contribution in [0.1, 0.15) is 32.2 Å². The summed E-state index contributed by atoms with van der Waals surface area (Å²) in [6.45, 7) is 4.44. The van der Waals surface area contributed by atoms with Gasteiger partial charge in [0, 0.05) is 10.6 Å². The van der Waals surface area contributed by atoms with Crippen molar-refractivity contribution in [3.8, 4) is 11.4 Å². The highest BCUT2D eigenvalue weighted by molar-refractivity contribution is 6.30. The second-order valence-corrected chi connectivity index (χ2v) is 5.44. The van der Waals surface area contributed by atoms with Crippen LogP contribution in [0.5, 0.6) is 0 Å². The molecule has 126 valence electrons. The molecule has 0 aliphatic heterocycles. The van der Waals surface area contributed by atoms with E-state index >= 15 is 0 Å². The molecule has 1 aromatic heterocycles. The fourth-order valence-corrected chi connectivity index (χ4v) is 2.27. The standard InChI is InChI=1S/C15H18ClN3O3.ClH/c1-3-8-19(9-13(20)21)10(2)15-17-14(18-22-15)11-4-6-12(16)7-5-11;/h4-7,10H,3,8-9H2,1-2H3,(H,20,21);1H. The Morgan fingerprint density at radius 1 is 1.39 bits per heavy atom. The lowest BCUT2D eigenvalue weighted by Crippen LogP contribution is -2.33. The lowest BCUT2D eigenvalue weighted by Gasteiger charge is -2.23. The SMILES string of the molecule is CCCN(CC(=O)O)C(C)c1nc(-c2ccc(Cl)cc2)no1.Cl. The number of nitrogens with zero attached hydrogens (tertiary/aromatic N) is 3. The van der Waals surface area contributed by atoms with Gasteiger partial charge < -0.3 is 9.63 Å². The van der Waals surface area contributed by atoms with Gasteiger partial charge in [0.15, 0.2) is 0 Å². The fraction of sp³-hybridized carbons (Fsp3) is 0.400. The molecule has 0 amide bonds. The first-order chi connectivity index (χ1) is 10.5. The number of rotatable bonds is 7. The smallest absolute Gasteiger partial charge is 0.317 e. The number of carboxylic acids is 1. The zero-order chi connectivity index (χ0) is 16.1. The lowest BCUT2D eigenvalue weighted by atomic mass is 10.2. The quantitative estimate of drug-likeness (QED) is 0.812. The molecule has 0 saturated carbocycles. The average Bonchev–Trinajstić information content (AvgIpc) is 2.96. The lowest BCUT2D eigenvalue weighted by molar-refractivity contribution is -0.139. The third-order valence-corrected chi connectivity index (χ3v) is 3.55. The van der Waals surface area contributed by atoms with E-state index < -0.39 is 5.97 Å². The Hall–Kier alpha value is -1.63. The zero-order valence-electron chi connectivity index (χ0n) is 12.9. The number of aliphatic carboxylic acids is 1. The van der Waals surface area contributed by atoms with E-state index in [1.54, 1.807) is 17.0 Å². The molecule has 0 spiro atoms. The summed E-state index contributed by atoms with van der Waals surface area (Å²) < 4.78 is 5.29. The molecule has 1 atom stereocenters. The number of halogens is 2. The van der Waals surface area contributed by atoms with Crippen LogP contribution in [0.15, 0.2) is 28.8 Å². The van der Waals surface area contributed by atoms with Gasteiger partial charge in [0.05, 0.1) is 12.6 Å². The number of carboxylic acid groups (broad SMARTS) is 1. The Kier molecular flexibility index (Phi) is 7.48. The minimum atomic E-state index is -0.877. The molecule has 1 N–H and O–H groups in total. The van der Waals surface area contributed by atoms with Crippen LogP contribution >= 0.6 is 24.0 Å². The van der Waals surface area contributed by atoms with Gasteiger partial charge in [-0.2, -0.15) is 4.98 Å². The summed E-state index contributed by atoms with van der Waals surface area (Å²) in [6, 6.07) is 6.87. The summed E-state index contributed by atoms with van der Waals surface area (Å²) in [7, 11) is 0. The van der Waals surface area contributed by atoms with Gasteiger partial charge in [0.1, 0.15) is 0 Å². The third-order valence-electron chi connectivity index (χ3n) is 3.30. The van der Waals surface area contributed by atoms with Crippen molar-refractivity contribution in [1.82, 2.24) is 15.0 Å². The van der Waals surface area contributed by atoms with Crippen LogP contribution in [0.4, 0.5) is 0 Å². The number of aromatic nitrogens is 2. The molecule has 1 unspecified atom stereocenters. The highest BCUT2D eigenvalue weighted by Crippen LogP contribution is 2.23. The minimum Gasteiger partial charge on any atom is -0.480 e. The number of benzene rings is 1. The van der Waals surface area contributed by atoms with E-state index in [2.05, 4.69) is 10.1 Å². The van der Waals surface area contributed by atoms with Crippen molar-refractivity contribution >= 4 is 30.0 Å². The highest BCUT2D eigenvalue weighted by Gasteiger charge is 2.23. The maximum atomic E-state index is 11.0. The minimum absolute atomic E-state index is 0. The van der Waals surface area contributed by atoms with Crippen LogP contribution < -0.4 is 0 Å². The predicted octanol–water partition coefficient (Wildman–Crippen LogP) is 3.67. The molecule has 8 heteroatoms. The van der Waals surface area contributed by atoms with Crippen molar-refractivity contribution in [1.29, 1.82) is 0 Å². The van der Waals surface area contributed by atoms with E-state index in [0.29, 0.717) is 23.3 Å². The van der Waals surface area contributed by atoms with E-state index in [1.165, 1.54) is 0 Å². The molecule has 1 heterocycles. The van der Waals surface area contributed by atoms with Crippen molar-refractivity contribution in [2.24, 2.45) is 0 Å². The topological polar surface area (TPSA) is 79.5 Å². The Bertz CT molecular complexity index is 631. The molecule has 0 radical (unpaired) electrons. The maximum absolute atomic E-state index is 11.0. The number of hydrogen-bond acceptors (Lipinski definition) is 5. The second-order valence-electron chi connectivity index (χ2n) is 5.00. The first-order valence-corrected chi connectivity index (χ1v) is 7.44. The van der Waals surface area contributed by atoms with Gasteiger partial charge in [-0.3, -0.25) is 9.69 Å². The predicted molar refractivity (Wildman–Crippen MR) is 89.9 cm³/mol. The molecule has 0 bridgehead atoms. The van der Waals surface area contributed by atoms with Crippen LogP contribution in [0.3, 0.4) is 0 Å². The molecule has 0 aliphatic rings. The average molecular weight is 360 g/mol. The molecule has 6 nitrogen and oxygen atoms in total. The number of hydrogen-bond donors (Lipinski definition) is 1. The molecule has 0 fully saturated rings. The number of carbonyl (C=O) groups is 1. The molecule has 2 aromatic rings. The summed E-state index contributed by atoms with van der Waals surface area (Å²) in [5.74, 6) is -0.0114. The van der Waals surface area contributed by atoms with E-state index in [-0.39, 0.29) is 25.0 Å². The largest absolute Gasteiger partial charge is 0.480 e. The summed E-state index contributed by atoms with van der Waals surface area (Å²) in [4.78, 5) is 17.1. The van der Waals surface area contributed by atoms with Gasteiger partial charge in [0.2, 0.25) is 11.7 Å². The molecular formula is C15H19Cl2N3O3. The van der Waals surface area contributed by atoms with Crippen molar-refractivity contribution in [2.45, 2.75) is 26.3 Å². The maximum Gasteiger partial charge on any atom is 0.317 e. The molecular weight excluding hydrogens is 341 g/mol. The van der Waals surface area contributed by atoms with Crippen LogP contribution in [-0.2, 0) is 4.79 Å². The van der Waals surface area contributed by atoms with Gasteiger partial charge >= 0.3 is 5.97 Å². The molecule has 0 saturated heterocycles. The Labute approximate surface area is 145 Å².